The van der Waals surface area contributed by atoms with E-state index >= 15 is 0 Å². The summed E-state index contributed by atoms with van der Waals surface area (Å²) in [5.41, 5.74) is 6.64. The summed E-state index contributed by atoms with van der Waals surface area (Å²) in [7, 11) is 3.06. The van der Waals surface area contributed by atoms with E-state index in [9.17, 15) is 9.59 Å². The van der Waals surface area contributed by atoms with Crippen molar-refractivity contribution in [1.82, 2.24) is 5.01 Å². The third-order valence-electron chi connectivity index (χ3n) is 3.31. The first-order valence-corrected chi connectivity index (χ1v) is 6.00. The molecule has 1 aliphatic rings. The topological polar surface area (TPSA) is 75.9 Å². The second kappa shape index (κ2) is 5.38. The zero-order chi connectivity index (χ0) is 14.0. The van der Waals surface area contributed by atoms with E-state index in [4.69, 9.17) is 5.73 Å². The van der Waals surface area contributed by atoms with Crippen LogP contribution < -0.4 is 10.7 Å². The maximum absolute atomic E-state index is 12.2. The average Bonchev–Trinajstić information content (AvgIpc) is 2.63. The predicted octanol–water partition coefficient (Wildman–Crippen LogP) is 0.139. The molecule has 6 nitrogen and oxygen atoms in total. The highest BCUT2D eigenvalue weighted by atomic mass is 16.5. The van der Waals surface area contributed by atoms with Crippen molar-refractivity contribution in [1.29, 1.82) is 0 Å². The Hall–Kier alpha value is -1.92. The summed E-state index contributed by atoms with van der Waals surface area (Å²) in [6.45, 7) is 0. The second-order valence-electron chi connectivity index (χ2n) is 4.43. The standard InChI is InChI=1S/C13H17N3O3/c1-15-10(8-11(17)19-2)12(14)13(18)16(15)9-6-4-3-5-7-9/h3-7,10,12H,8,14H2,1-2H3. The van der Waals surface area contributed by atoms with Gasteiger partial charge in [0.05, 0.1) is 25.3 Å². The number of nitrogens with zero attached hydrogens (tertiary/aromatic N) is 2. The molecule has 2 atom stereocenters. The highest BCUT2D eigenvalue weighted by molar-refractivity contribution is 5.99. The number of methoxy groups -OCH3 is 1. The largest absolute Gasteiger partial charge is 0.469 e. The third-order valence-corrected chi connectivity index (χ3v) is 3.31. The van der Waals surface area contributed by atoms with Crippen LogP contribution in [0.15, 0.2) is 30.3 Å². The van der Waals surface area contributed by atoms with Crippen molar-refractivity contribution in [3.8, 4) is 0 Å². The van der Waals surface area contributed by atoms with Crippen LogP contribution in [0.1, 0.15) is 6.42 Å². The maximum Gasteiger partial charge on any atom is 0.307 e. The number of hydrazine groups is 1. The van der Waals surface area contributed by atoms with Gasteiger partial charge >= 0.3 is 5.97 Å². The first kappa shape index (κ1) is 13.5. The van der Waals surface area contributed by atoms with Crippen LogP contribution in [-0.4, -0.2) is 43.1 Å². The van der Waals surface area contributed by atoms with Crippen molar-refractivity contribution in [3.63, 3.8) is 0 Å². The zero-order valence-corrected chi connectivity index (χ0v) is 10.9. The van der Waals surface area contributed by atoms with Crippen LogP contribution in [0.5, 0.6) is 0 Å². The minimum atomic E-state index is -0.732. The number of nitrogens with two attached hydrogens (primary N) is 1. The molecular weight excluding hydrogens is 246 g/mol. The number of likely N-dealkylation sites (N-methyl/N-ethyl adjacent to an activating group) is 1. The molecule has 1 aromatic carbocycles. The lowest BCUT2D eigenvalue weighted by atomic mass is 10.1. The van der Waals surface area contributed by atoms with Crippen LogP contribution in [0.3, 0.4) is 0 Å². The number of carbonyl (C=O) groups excluding carboxylic acids is 2. The molecule has 2 rings (SSSR count). The van der Waals surface area contributed by atoms with Gasteiger partial charge < -0.3 is 10.5 Å². The molecule has 2 N–H and O–H groups in total. The molecule has 19 heavy (non-hydrogen) atoms. The number of carbonyl (C=O) groups is 2. The van der Waals surface area contributed by atoms with Crippen LogP contribution in [0.4, 0.5) is 5.69 Å². The van der Waals surface area contributed by atoms with Crippen LogP contribution in [0, 0.1) is 0 Å². The van der Waals surface area contributed by atoms with Crippen LogP contribution in [0.2, 0.25) is 0 Å². The number of hydrogen-bond acceptors (Lipinski definition) is 5. The Morgan fingerprint density at radius 3 is 2.58 bits per heavy atom. The van der Waals surface area contributed by atoms with Gasteiger partial charge in [-0.3, -0.25) is 9.59 Å². The van der Waals surface area contributed by atoms with Crippen molar-refractivity contribution < 1.29 is 14.3 Å². The van der Waals surface area contributed by atoms with E-state index in [1.807, 2.05) is 30.3 Å². The minimum absolute atomic E-state index is 0.0865. The summed E-state index contributed by atoms with van der Waals surface area (Å²) in [4.78, 5) is 23.6. The van der Waals surface area contributed by atoms with Crippen molar-refractivity contribution in [2.75, 3.05) is 19.2 Å². The fraction of sp³-hybridized carbons (Fsp3) is 0.385. The molecule has 6 heteroatoms. The number of anilines is 1. The van der Waals surface area contributed by atoms with E-state index in [2.05, 4.69) is 4.74 Å². The summed E-state index contributed by atoms with van der Waals surface area (Å²) in [6.07, 6.45) is 0.0865. The molecule has 1 aliphatic heterocycles. The lowest BCUT2D eigenvalue weighted by molar-refractivity contribution is -0.141. The summed E-state index contributed by atoms with van der Waals surface area (Å²) in [6, 6.07) is 8.08. The summed E-state index contributed by atoms with van der Waals surface area (Å²) in [5.74, 6) is -0.599. The number of amides is 1. The van der Waals surface area contributed by atoms with Gasteiger partial charge in [0, 0.05) is 7.05 Å². The summed E-state index contributed by atoms with van der Waals surface area (Å²) in [5, 5.41) is 3.19. The number of rotatable bonds is 3. The highest BCUT2D eigenvalue weighted by Gasteiger charge is 2.44. The predicted molar refractivity (Wildman–Crippen MR) is 70.1 cm³/mol. The monoisotopic (exact) mass is 263 g/mol. The average molecular weight is 263 g/mol. The smallest absolute Gasteiger partial charge is 0.307 e. The van der Waals surface area contributed by atoms with E-state index in [1.165, 1.54) is 12.1 Å². The van der Waals surface area contributed by atoms with Gasteiger partial charge in [-0.2, -0.15) is 0 Å². The molecule has 0 bridgehead atoms. The number of benzene rings is 1. The fourth-order valence-electron chi connectivity index (χ4n) is 2.23. The van der Waals surface area contributed by atoms with Crippen molar-refractivity contribution in [3.05, 3.63) is 30.3 Å². The van der Waals surface area contributed by atoms with Gasteiger partial charge in [0.25, 0.3) is 5.91 Å². The Bertz CT molecular complexity index is 477. The highest BCUT2D eigenvalue weighted by Crippen LogP contribution is 2.26. The zero-order valence-electron chi connectivity index (χ0n) is 10.9. The number of ether oxygens (including phenoxy) is 1. The van der Waals surface area contributed by atoms with Crippen LogP contribution >= 0.6 is 0 Å². The van der Waals surface area contributed by atoms with Gasteiger partial charge in [0.1, 0.15) is 6.04 Å². The maximum atomic E-state index is 12.2. The fourth-order valence-corrected chi connectivity index (χ4v) is 2.23. The molecule has 0 aliphatic carbocycles. The quantitative estimate of drug-likeness (QED) is 0.785. The lowest BCUT2D eigenvalue weighted by Crippen LogP contribution is -2.42. The Labute approximate surface area is 111 Å². The minimum Gasteiger partial charge on any atom is -0.469 e. The first-order valence-electron chi connectivity index (χ1n) is 6.00. The number of esters is 1. The SMILES string of the molecule is COC(=O)CC1C(N)C(=O)N(c2ccccc2)N1C. The molecule has 102 valence electrons. The molecule has 0 spiro atoms. The molecule has 1 saturated heterocycles. The van der Waals surface area contributed by atoms with Crippen molar-refractivity contribution in [2.24, 2.45) is 5.73 Å². The second-order valence-corrected chi connectivity index (χ2v) is 4.43. The third kappa shape index (κ3) is 2.45. The number of hydrogen-bond donors (Lipinski definition) is 1. The first-order chi connectivity index (χ1) is 9.06. The molecule has 1 aromatic rings. The van der Waals surface area contributed by atoms with E-state index in [-0.39, 0.29) is 24.3 Å². The molecule has 0 saturated carbocycles. The van der Waals surface area contributed by atoms with Crippen molar-refractivity contribution in [2.45, 2.75) is 18.5 Å². The van der Waals surface area contributed by atoms with Gasteiger partial charge in [-0.15, -0.1) is 0 Å². The molecule has 1 fully saturated rings. The van der Waals surface area contributed by atoms with E-state index in [0.29, 0.717) is 0 Å². The Morgan fingerprint density at radius 1 is 1.37 bits per heavy atom. The van der Waals surface area contributed by atoms with Gasteiger partial charge in [0.2, 0.25) is 0 Å². The molecule has 0 aromatic heterocycles. The lowest BCUT2D eigenvalue weighted by Gasteiger charge is -2.27. The Morgan fingerprint density at radius 2 is 2.00 bits per heavy atom. The molecular formula is C13H17N3O3. The van der Waals surface area contributed by atoms with E-state index in [0.717, 1.165) is 5.69 Å². The molecule has 2 unspecified atom stereocenters. The van der Waals surface area contributed by atoms with Crippen molar-refractivity contribution >= 4 is 17.6 Å². The molecule has 0 radical (unpaired) electrons. The number of para-hydroxylation sites is 1. The van der Waals surface area contributed by atoms with E-state index < -0.39 is 6.04 Å². The van der Waals surface area contributed by atoms with Gasteiger partial charge in [0.15, 0.2) is 0 Å². The van der Waals surface area contributed by atoms with Gasteiger partial charge in [-0.25, -0.2) is 10.0 Å². The molecule has 1 heterocycles. The summed E-state index contributed by atoms with van der Waals surface area (Å²) >= 11 is 0. The van der Waals surface area contributed by atoms with Gasteiger partial charge in [-0.05, 0) is 12.1 Å². The molecule has 1 amide bonds. The Balaban J connectivity index is 2.24. The van der Waals surface area contributed by atoms with Crippen LogP contribution in [-0.2, 0) is 14.3 Å². The Kier molecular flexibility index (Phi) is 3.82. The normalized spacial score (nSPS) is 23.7. The summed E-state index contributed by atoms with van der Waals surface area (Å²) < 4.78 is 4.63. The van der Waals surface area contributed by atoms with E-state index in [1.54, 1.807) is 12.1 Å². The van der Waals surface area contributed by atoms with Gasteiger partial charge in [-0.1, -0.05) is 18.2 Å². The van der Waals surface area contributed by atoms with Crippen LogP contribution in [0.25, 0.3) is 0 Å².